The molecule has 0 aliphatic carbocycles. The number of rotatable bonds is 4. The van der Waals surface area contributed by atoms with Crippen molar-refractivity contribution in [1.82, 2.24) is 9.97 Å². The van der Waals surface area contributed by atoms with Gasteiger partial charge in [0.15, 0.2) is 5.03 Å². The topological polar surface area (TPSA) is 120 Å². The first kappa shape index (κ1) is 13.3. The third-order valence-electron chi connectivity index (χ3n) is 2.36. The van der Waals surface area contributed by atoms with Gasteiger partial charge >= 0.3 is 5.69 Å². The van der Waals surface area contributed by atoms with Gasteiger partial charge in [0, 0.05) is 0 Å². The van der Waals surface area contributed by atoms with Crippen LogP contribution in [0.2, 0.25) is 0 Å². The predicted octanol–water partition coefficient (Wildman–Crippen LogP) is 2.03. The first-order valence-corrected chi connectivity index (χ1v) is 6.06. The molecule has 2 aromatic heterocycles. The van der Waals surface area contributed by atoms with Crippen LogP contribution >= 0.6 is 11.8 Å². The number of anilines is 1. The maximum absolute atomic E-state index is 11.1. The van der Waals surface area contributed by atoms with Gasteiger partial charge in [-0.2, -0.15) is 4.98 Å². The highest BCUT2D eigenvalue weighted by atomic mass is 32.2. The van der Waals surface area contributed by atoms with Gasteiger partial charge in [0.2, 0.25) is 5.95 Å². The second-order valence-corrected chi connectivity index (χ2v) is 4.66. The number of hydrazine groups is 1. The van der Waals surface area contributed by atoms with Gasteiger partial charge in [-0.3, -0.25) is 15.5 Å². The summed E-state index contributed by atoms with van der Waals surface area (Å²) in [5, 5.41) is 11.3. The van der Waals surface area contributed by atoms with Gasteiger partial charge < -0.3 is 4.42 Å². The van der Waals surface area contributed by atoms with Gasteiger partial charge in [-0.1, -0.05) is 11.8 Å². The van der Waals surface area contributed by atoms with E-state index in [0.29, 0.717) is 5.76 Å². The molecule has 2 heterocycles. The maximum Gasteiger partial charge on any atom is 0.322 e. The molecule has 0 bridgehead atoms. The van der Waals surface area contributed by atoms with Gasteiger partial charge in [0.05, 0.1) is 16.1 Å². The minimum absolute atomic E-state index is 0.131. The summed E-state index contributed by atoms with van der Waals surface area (Å²) in [4.78, 5) is 19.3. The highest BCUT2D eigenvalue weighted by molar-refractivity contribution is 7.99. The molecule has 0 fully saturated rings. The summed E-state index contributed by atoms with van der Waals surface area (Å²) in [5.41, 5.74) is 2.40. The summed E-state index contributed by atoms with van der Waals surface area (Å²) in [5.74, 6) is 6.04. The van der Waals surface area contributed by atoms with E-state index in [1.54, 1.807) is 13.0 Å². The number of aromatic nitrogens is 2. The highest BCUT2D eigenvalue weighted by Gasteiger charge is 2.23. The first-order valence-electron chi connectivity index (χ1n) is 5.24. The summed E-state index contributed by atoms with van der Waals surface area (Å²) in [6.45, 7) is 3.30. The Hall–Kier alpha value is -2.13. The Morgan fingerprint density at radius 1 is 1.47 bits per heavy atom. The first-order chi connectivity index (χ1) is 9.02. The zero-order valence-corrected chi connectivity index (χ0v) is 11.0. The molecule has 0 aliphatic heterocycles. The molecule has 0 aromatic carbocycles. The van der Waals surface area contributed by atoms with Crippen LogP contribution in [0.15, 0.2) is 26.7 Å². The minimum atomic E-state index is -0.507. The van der Waals surface area contributed by atoms with E-state index in [9.17, 15) is 10.1 Å². The highest BCUT2D eigenvalue weighted by Crippen LogP contribution is 2.36. The van der Waals surface area contributed by atoms with E-state index in [-0.39, 0.29) is 22.4 Å². The van der Waals surface area contributed by atoms with Crippen LogP contribution in [0.5, 0.6) is 0 Å². The molecule has 8 nitrogen and oxygen atoms in total. The Morgan fingerprint density at radius 3 is 2.74 bits per heavy atom. The molecule has 0 radical (unpaired) electrons. The molecule has 0 spiro atoms. The van der Waals surface area contributed by atoms with Crippen molar-refractivity contribution in [2.75, 3.05) is 5.43 Å². The molecular formula is C10H11N5O3S. The summed E-state index contributed by atoms with van der Waals surface area (Å²) in [6, 6.07) is 1.72. The Balaban J connectivity index is 2.50. The van der Waals surface area contributed by atoms with Crippen LogP contribution in [-0.4, -0.2) is 14.9 Å². The van der Waals surface area contributed by atoms with E-state index in [1.165, 1.54) is 13.2 Å². The van der Waals surface area contributed by atoms with Crippen LogP contribution < -0.4 is 11.3 Å². The quantitative estimate of drug-likeness (QED) is 0.378. The molecular weight excluding hydrogens is 270 g/mol. The smallest absolute Gasteiger partial charge is 0.322 e. The minimum Gasteiger partial charge on any atom is -0.468 e. The Kier molecular flexibility index (Phi) is 3.67. The summed E-state index contributed by atoms with van der Waals surface area (Å²) in [6.07, 6.45) is 1.51. The van der Waals surface area contributed by atoms with E-state index in [0.717, 1.165) is 16.7 Å². The van der Waals surface area contributed by atoms with Crippen molar-refractivity contribution in [2.24, 2.45) is 5.84 Å². The molecule has 0 saturated carbocycles. The van der Waals surface area contributed by atoms with Crippen molar-refractivity contribution in [3.8, 4) is 0 Å². The predicted molar refractivity (Wildman–Crippen MR) is 68.8 cm³/mol. The Labute approximate surface area is 112 Å². The van der Waals surface area contributed by atoms with Gasteiger partial charge in [-0.15, -0.1) is 0 Å². The number of nitrogens with two attached hydrogens (primary N) is 1. The van der Waals surface area contributed by atoms with Crippen molar-refractivity contribution in [3.05, 3.63) is 33.9 Å². The van der Waals surface area contributed by atoms with Crippen LogP contribution in [0.4, 0.5) is 11.6 Å². The lowest BCUT2D eigenvalue weighted by Gasteiger charge is -2.06. The van der Waals surface area contributed by atoms with Crippen molar-refractivity contribution < 1.29 is 9.34 Å². The Bertz CT molecular complexity index is 628. The van der Waals surface area contributed by atoms with Crippen molar-refractivity contribution in [1.29, 1.82) is 0 Å². The van der Waals surface area contributed by atoms with E-state index in [1.807, 2.05) is 0 Å². The molecule has 2 rings (SSSR count). The van der Waals surface area contributed by atoms with E-state index < -0.39 is 4.92 Å². The average Bonchev–Trinajstić information content (AvgIpc) is 2.73. The van der Waals surface area contributed by atoms with Gasteiger partial charge in [-0.25, -0.2) is 10.8 Å². The van der Waals surface area contributed by atoms with Crippen molar-refractivity contribution >= 4 is 23.4 Å². The monoisotopic (exact) mass is 281 g/mol. The molecule has 19 heavy (non-hydrogen) atoms. The third kappa shape index (κ3) is 2.66. The fourth-order valence-corrected chi connectivity index (χ4v) is 2.44. The normalized spacial score (nSPS) is 10.5. The van der Waals surface area contributed by atoms with Gasteiger partial charge in [-0.05, 0) is 19.9 Å². The number of aryl methyl sites for hydroxylation is 2. The van der Waals surface area contributed by atoms with Gasteiger partial charge in [0.1, 0.15) is 11.5 Å². The molecule has 0 saturated heterocycles. The van der Waals surface area contributed by atoms with E-state index in [2.05, 4.69) is 15.4 Å². The fourth-order valence-electron chi connectivity index (χ4n) is 1.47. The second-order valence-electron chi connectivity index (χ2n) is 3.63. The fraction of sp³-hybridized carbons (Fsp3) is 0.200. The molecule has 0 aliphatic rings. The molecule has 2 aromatic rings. The number of nitrogens with zero attached hydrogens (tertiary/aromatic N) is 3. The zero-order chi connectivity index (χ0) is 14.0. The van der Waals surface area contributed by atoms with E-state index in [4.69, 9.17) is 10.3 Å². The molecule has 0 amide bonds. The summed E-state index contributed by atoms with van der Waals surface area (Å²) >= 11 is 1.14. The molecule has 0 atom stereocenters. The second kappa shape index (κ2) is 5.24. The van der Waals surface area contributed by atoms with E-state index >= 15 is 0 Å². The SMILES string of the molecule is Cc1nc(NN)nc(Sc2ccoc2C)c1[N+](=O)[O-]. The third-order valence-corrected chi connectivity index (χ3v) is 3.48. The number of hydrogen-bond acceptors (Lipinski definition) is 8. The largest absolute Gasteiger partial charge is 0.468 e. The zero-order valence-electron chi connectivity index (χ0n) is 10.2. The molecule has 100 valence electrons. The number of nitro groups is 1. The number of hydrogen-bond donors (Lipinski definition) is 2. The van der Waals surface area contributed by atoms with Crippen LogP contribution in [-0.2, 0) is 0 Å². The maximum atomic E-state index is 11.1. The van der Waals surface area contributed by atoms with Crippen LogP contribution in [0, 0.1) is 24.0 Å². The molecule has 0 unspecified atom stereocenters. The standard InChI is InChI=1S/C10H11N5O3S/c1-5-8(15(16)17)9(13-10(12-5)14-11)19-7-3-4-18-6(7)2/h3-4H,11H2,1-2H3,(H,12,13,14). The van der Waals surface area contributed by atoms with Crippen LogP contribution in [0.1, 0.15) is 11.5 Å². The van der Waals surface area contributed by atoms with Gasteiger partial charge in [0.25, 0.3) is 0 Å². The lowest BCUT2D eigenvalue weighted by Crippen LogP contribution is -2.12. The molecule has 3 N–H and O–H groups in total. The number of nitrogen functional groups attached to an aromatic ring is 1. The summed E-state index contributed by atoms with van der Waals surface area (Å²) < 4.78 is 5.15. The lowest BCUT2D eigenvalue weighted by molar-refractivity contribution is -0.389. The average molecular weight is 281 g/mol. The number of nitrogens with one attached hydrogen (secondary N) is 1. The lowest BCUT2D eigenvalue weighted by atomic mass is 10.4. The number of furan rings is 1. The van der Waals surface area contributed by atoms with Crippen LogP contribution in [0.25, 0.3) is 0 Å². The Morgan fingerprint density at radius 2 is 2.21 bits per heavy atom. The molecule has 9 heteroatoms. The van der Waals surface area contributed by atoms with Crippen molar-refractivity contribution in [2.45, 2.75) is 23.8 Å². The van der Waals surface area contributed by atoms with Crippen LogP contribution in [0.3, 0.4) is 0 Å². The van der Waals surface area contributed by atoms with Crippen molar-refractivity contribution in [3.63, 3.8) is 0 Å². The summed E-state index contributed by atoms with van der Waals surface area (Å²) in [7, 11) is 0.